The summed E-state index contributed by atoms with van der Waals surface area (Å²) in [6.07, 6.45) is 3.14. The number of hydrogen-bond donors (Lipinski definition) is 0. The molecule has 2 aromatic rings. The maximum absolute atomic E-state index is 5.62. The molecule has 2 rings (SSSR count). The first-order valence-corrected chi connectivity index (χ1v) is 5.53. The first-order chi connectivity index (χ1) is 6.34. The van der Waals surface area contributed by atoms with E-state index in [4.69, 9.17) is 16.0 Å². The quantitative estimate of drug-likeness (QED) is 0.763. The average Bonchev–Trinajstić information content (AvgIpc) is 2.71. The topological polar surface area (TPSA) is 51.8 Å². The molecule has 68 valence electrons. The summed E-state index contributed by atoms with van der Waals surface area (Å²) in [7, 11) is 0. The molecule has 7 heteroatoms. The molecule has 0 aromatic carbocycles. The minimum atomic E-state index is 0.461. The Bertz CT molecular complexity index is 375. The number of oxazole rings is 1. The smallest absolute Gasteiger partial charge is 0.255 e. The SMILES string of the molecule is Clc1nnc(CSc2ncco2)s1. The number of aromatic nitrogens is 3. The second-order valence-electron chi connectivity index (χ2n) is 2.04. The Morgan fingerprint density at radius 2 is 2.46 bits per heavy atom. The highest BCUT2D eigenvalue weighted by atomic mass is 35.5. The van der Waals surface area contributed by atoms with E-state index in [-0.39, 0.29) is 0 Å². The van der Waals surface area contributed by atoms with Crippen LogP contribution in [0.25, 0.3) is 0 Å². The van der Waals surface area contributed by atoms with Crippen molar-refractivity contribution < 1.29 is 4.42 Å². The fourth-order valence-electron chi connectivity index (χ4n) is 0.697. The van der Waals surface area contributed by atoms with Gasteiger partial charge in [0.1, 0.15) is 11.3 Å². The van der Waals surface area contributed by atoms with E-state index in [9.17, 15) is 0 Å². The molecule has 0 atom stereocenters. The molecule has 0 aliphatic rings. The second kappa shape index (κ2) is 4.08. The Hall–Kier alpha value is -0.590. The number of rotatable bonds is 3. The van der Waals surface area contributed by atoms with Crippen LogP contribution in [0.2, 0.25) is 4.47 Å². The monoisotopic (exact) mass is 233 g/mol. The van der Waals surface area contributed by atoms with Crippen molar-refractivity contribution >= 4 is 34.7 Å². The third kappa shape index (κ3) is 2.43. The fourth-order valence-corrected chi connectivity index (χ4v) is 2.34. The van der Waals surface area contributed by atoms with E-state index in [0.717, 1.165) is 5.01 Å². The maximum Gasteiger partial charge on any atom is 0.255 e. The molecule has 0 unspecified atom stereocenters. The van der Waals surface area contributed by atoms with Crippen molar-refractivity contribution in [3.8, 4) is 0 Å². The standard InChI is InChI=1S/C6H4ClN3OS2/c7-5-10-9-4(13-5)3-12-6-8-1-2-11-6/h1-2H,3H2. The van der Waals surface area contributed by atoms with Crippen molar-refractivity contribution in [3.05, 3.63) is 21.9 Å². The van der Waals surface area contributed by atoms with Crippen LogP contribution in [0, 0.1) is 0 Å². The fraction of sp³-hybridized carbons (Fsp3) is 0.167. The molecule has 0 aliphatic heterocycles. The summed E-state index contributed by atoms with van der Waals surface area (Å²) in [5.74, 6) is 0.685. The average molecular weight is 234 g/mol. The Labute approximate surface area is 87.3 Å². The van der Waals surface area contributed by atoms with E-state index in [1.165, 1.54) is 29.4 Å². The van der Waals surface area contributed by atoms with Crippen LogP contribution >= 0.6 is 34.7 Å². The van der Waals surface area contributed by atoms with Gasteiger partial charge in [-0.15, -0.1) is 10.2 Å². The van der Waals surface area contributed by atoms with Crippen LogP contribution in [0.1, 0.15) is 5.01 Å². The zero-order valence-corrected chi connectivity index (χ0v) is 8.70. The number of nitrogens with zero attached hydrogens (tertiary/aromatic N) is 3. The van der Waals surface area contributed by atoms with Gasteiger partial charge in [-0.05, 0) is 11.6 Å². The highest BCUT2D eigenvalue weighted by Gasteiger charge is 2.04. The lowest BCUT2D eigenvalue weighted by Crippen LogP contribution is -1.78. The summed E-state index contributed by atoms with van der Waals surface area (Å²) in [5.41, 5.74) is 0. The molecule has 13 heavy (non-hydrogen) atoms. The third-order valence-electron chi connectivity index (χ3n) is 1.17. The molecule has 2 heterocycles. The molecular weight excluding hydrogens is 230 g/mol. The van der Waals surface area contributed by atoms with Gasteiger partial charge in [0, 0.05) is 0 Å². The van der Waals surface area contributed by atoms with Gasteiger partial charge in [-0.2, -0.15) is 0 Å². The molecular formula is C6H4ClN3OS2. The van der Waals surface area contributed by atoms with E-state index >= 15 is 0 Å². The zero-order chi connectivity index (χ0) is 9.10. The molecule has 4 nitrogen and oxygen atoms in total. The summed E-state index contributed by atoms with van der Waals surface area (Å²) in [6, 6.07) is 0. The first-order valence-electron chi connectivity index (χ1n) is 3.35. The van der Waals surface area contributed by atoms with Crippen LogP contribution in [0.4, 0.5) is 0 Å². The Balaban J connectivity index is 1.93. The number of hydrogen-bond acceptors (Lipinski definition) is 6. The summed E-state index contributed by atoms with van der Waals surface area (Å²) in [5, 5.41) is 9.05. The number of thioether (sulfide) groups is 1. The van der Waals surface area contributed by atoms with Crippen LogP contribution in [0.3, 0.4) is 0 Å². The molecule has 0 aliphatic carbocycles. The van der Waals surface area contributed by atoms with Gasteiger partial charge in [-0.25, -0.2) is 4.98 Å². The maximum atomic E-state index is 5.62. The largest absolute Gasteiger partial charge is 0.440 e. The molecule has 0 saturated heterocycles. The van der Waals surface area contributed by atoms with Crippen LogP contribution in [0.15, 0.2) is 22.1 Å². The van der Waals surface area contributed by atoms with Crippen LogP contribution in [-0.4, -0.2) is 15.2 Å². The van der Waals surface area contributed by atoms with E-state index in [1.807, 2.05) is 0 Å². The van der Waals surface area contributed by atoms with Crippen molar-refractivity contribution in [1.29, 1.82) is 0 Å². The van der Waals surface area contributed by atoms with Crippen molar-refractivity contribution in [1.82, 2.24) is 15.2 Å². The summed E-state index contributed by atoms with van der Waals surface area (Å²) in [6.45, 7) is 0. The molecule has 0 fully saturated rings. The summed E-state index contributed by atoms with van der Waals surface area (Å²) >= 11 is 8.45. The van der Waals surface area contributed by atoms with Crippen molar-refractivity contribution in [2.75, 3.05) is 0 Å². The first kappa shape index (κ1) is 8.98. The molecule has 0 saturated carbocycles. The minimum Gasteiger partial charge on any atom is -0.440 e. The minimum absolute atomic E-state index is 0.461. The van der Waals surface area contributed by atoms with Gasteiger partial charge in [0.15, 0.2) is 0 Å². The molecule has 0 amide bonds. The Kier molecular flexibility index (Phi) is 2.82. The highest BCUT2D eigenvalue weighted by molar-refractivity contribution is 7.98. The van der Waals surface area contributed by atoms with E-state index in [1.54, 1.807) is 6.20 Å². The molecule has 0 spiro atoms. The predicted molar refractivity (Wildman–Crippen MR) is 51.0 cm³/mol. The third-order valence-corrected chi connectivity index (χ3v) is 3.24. The van der Waals surface area contributed by atoms with Gasteiger partial charge in [-0.1, -0.05) is 23.1 Å². The normalized spacial score (nSPS) is 10.5. The molecule has 2 aromatic heterocycles. The van der Waals surface area contributed by atoms with Crippen molar-refractivity contribution in [3.63, 3.8) is 0 Å². The predicted octanol–water partition coefficient (Wildman–Crippen LogP) is 2.47. The molecule has 0 bridgehead atoms. The van der Waals surface area contributed by atoms with Crippen molar-refractivity contribution in [2.45, 2.75) is 11.0 Å². The van der Waals surface area contributed by atoms with Gasteiger partial charge in [0.2, 0.25) is 4.47 Å². The van der Waals surface area contributed by atoms with Gasteiger partial charge >= 0.3 is 0 Å². The van der Waals surface area contributed by atoms with Crippen LogP contribution in [-0.2, 0) is 5.75 Å². The Morgan fingerprint density at radius 1 is 1.54 bits per heavy atom. The lowest BCUT2D eigenvalue weighted by atomic mass is 10.9. The molecule has 0 N–H and O–H groups in total. The molecule has 0 radical (unpaired) electrons. The van der Waals surface area contributed by atoms with Gasteiger partial charge in [0.05, 0.1) is 11.9 Å². The van der Waals surface area contributed by atoms with Crippen molar-refractivity contribution in [2.24, 2.45) is 0 Å². The summed E-state index contributed by atoms with van der Waals surface area (Å²) in [4.78, 5) is 3.96. The van der Waals surface area contributed by atoms with Gasteiger partial charge in [-0.3, -0.25) is 0 Å². The lowest BCUT2D eigenvalue weighted by molar-refractivity contribution is 0.454. The number of halogens is 1. The van der Waals surface area contributed by atoms with Crippen LogP contribution in [0.5, 0.6) is 0 Å². The van der Waals surface area contributed by atoms with E-state index in [2.05, 4.69) is 15.2 Å². The van der Waals surface area contributed by atoms with E-state index in [0.29, 0.717) is 15.4 Å². The van der Waals surface area contributed by atoms with Gasteiger partial charge in [0.25, 0.3) is 5.22 Å². The summed E-state index contributed by atoms with van der Waals surface area (Å²) < 4.78 is 5.50. The van der Waals surface area contributed by atoms with E-state index < -0.39 is 0 Å². The Morgan fingerprint density at radius 3 is 3.08 bits per heavy atom. The zero-order valence-electron chi connectivity index (χ0n) is 6.31. The second-order valence-corrected chi connectivity index (χ2v) is 4.61. The van der Waals surface area contributed by atoms with Crippen LogP contribution < -0.4 is 0 Å². The van der Waals surface area contributed by atoms with Gasteiger partial charge < -0.3 is 4.42 Å². The highest BCUT2D eigenvalue weighted by Crippen LogP contribution is 2.24. The lowest BCUT2D eigenvalue weighted by Gasteiger charge is -1.89.